The molecule has 0 unspecified atom stereocenters. The summed E-state index contributed by atoms with van der Waals surface area (Å²) in [5.41, 5.74) is 5.17. The van der Waals surface area contributed by atoms with Crippen molar-refractivity contribution in [3.8, 4) is 0 Å². The van der Waals surface area contributed by atoms with E-state index in [4.69, 9.17) is 10.8 Å². The zero-order chi connectivity index (χ0) is 11.6. The van der Waals surface area contributed by atoms with Gasteiger partial charge in [0, 0.05) is 0 Å². The number of hydrogen-bond donors (Lipinski definition) is 2. The Bertz CT molecular complexity index is 365. The number of aliphatic hydroxyl groups is 1. The zero-order valence-electron chi connectivity index (χ0n) is 7.96. The molecule has 0 aliphatic carbocycles. The lowest BCUT2D eigenvalue weighted by atomic mass is 10.0. The molecule has 1 aromatic rings. The molecule has 0 aliphatic heterocycles. The van der Waals surface area contributed by atoms with E-state index in [1.165, 1.54) is 12.1 Å². The standard InChI is InChI=1S/C9H9BrF3NO.ClH/c10-7-5(2-1-3-6(7)11)8(14)9(12,13)4-15;/h1-3,8,15H,4,14H2;1H/t8-;/m1./s1. The molecule has 0 saturated heterocycles. The summed E-state index contributed by atoms with van der Waals surface area (Å²) in [6, 6.07) is 1.94. The zero-order valence-corrected chi connectivity index (χ0v) is 10.4. The highest BCUT2D eigenvalue weighted by molar-refractivity contribution is 9.10. The van der Waals surface area contributed by atoms with Crippen molar-refractivity contribution in [3.63, 3.8) is 0 Å². The van der Waals surface area contributed by atoms with Gasteiger partial charge in [-0.25, -0.2) is 13.2 Å². The van der Waals surface area contributed by atoms with Crippen molar-refractivity contribution >= 4 is 28.3 Å². The van der Waals surface area contributed by atoms with E-state index in [2.05, 4.69) is 15.9 Å². The number of aliphatic hydroxyl groups excluding tert-OH is 1. The van der Waals surface area contributed by atoms with Crippen LogP contribution in [0.15, 0.2) is 22.7 Å². The fourth-order valence-electron chi connectivity index (χ4n) is 1.09. The van der Waals surface area contributed by atoms with Crippen LogP contribution >= 0.6 is 28.3 Å². The van der Waals surface area contributed by atoms with Crippen molar-refractivity contribution in [2.75, 3.05) is 6.61 Å². The average molecular weight is 321 g/mol. The lowest BCUT2D eigenvalue weighted by Crippen LogP contribution is -2.36. The SMILES string of the molecule is Cl.N[C@H](c1cccc(F)c1Br)C(F)(F)CO. The van der Waals surface area contributed by atoms with Gasteiger partial charge in [-0.1, -0.05) is 12.1 Å². The highest BCUT2D eigenvalue weighted by Crippen LogP contribution is 2.33. The van der Waals surface area contributed by atoms with Gasteiger partial charge in [-0.2, -0.15) is 0 Å². The summed E-state index contributed by atoms with van der Waals surface area (Å²) in [5, 5.41) is 8.45. The Kier molecular flexibility index (Phi) is 5.75. The summed E-state index contributed by atoms with van der Waals surface area (Å²) in [7, 11) is 0. The molecule has 2 nitrogen and oxygen atoms in total. The predicted octanol–water partition coefficient (Wildman–Crippen LogP) is 2.64. The van der Waals surface area contributed by atoms with Gasteiger partial charge in [0.15, 0.2) is 0 Å². The van der Waals surface area contributed by atoms with Crippen LogP contribution in [0.4, 0.5) is 13.2 Å². The molecule has 1 rings (SSSR count). The molecular weight excluding hydrogens is 310 g/mol. The van der Waals surface area contributed by atoms with Gasteiger partial charge in [0.05, 0.1) is 10.5 Å². The molecule has 3 N–H and O–H groups in total. The van der Waals surface area contributed by atoms with Crippen molar-refractivity contribution in [3.05, 3.63) is 34.1 Å². The molecule has 7 heteroatoms. The van der Waals surface area contributed by atoms with Crippen molar-refractivity contribution in [2.24, 2.45) is 5.73 Å². The maximum absolute atomic E-state index is 13.0. The number of nitrogens with two attached hydrogens (primary N) is 1. The van der Waals surface area contributed by atoms with E-state index in [1.807, 2.05) is 0 Å². The first-order valence-electron chi connectivity index (χ1n) is 4.08. The third kappa shape index (κ3) is 3.10. The Morgan fingerprint density at radius 1 is 1.44 bits per heavy atom. The van der Waals surface area contributed by atoms with Crippen LogP contribution in [-0.2, 0) is 0 Å². The minimum atomic E-state index is -3.48. The van der Waals surface area contributed by atoms with Gasteiger partial charge in [-0.15, -0.1) is 12.4 Å². The molecule has 0 spiro atoms. The van der Waals surface area contributed by atoms with Crippen LogP contribution in [0.25, 0.3) is 0 Å². The van der Waals surface area contributed by atoms with E-state index >= 15 is 0 Å². The van der Waals surface area contributed by atoms with Crippen LogP contribution in [0.1, 0.15) is 11.6 Å². The third-order valence-electron chi connectivity index (χ3n) is 1.98. The molecule has 0 amide bonds. The third-order valence-corrected chi connectivity index (χ3v) is 2.82. The molecule has 0 aromatic heterocycles. The second kappa shape index (κ2) is 5.86. The second-order valence-electron chi connectivity index (χ2n) is 3.04. The monoisotopic (exact) mass is 319 g/mol. The first-order valence-corrected chi connectivity index (χ1v) is 4.87. The fraction of sp³-hybridized carbons (Fsp3) is 0.333. The van der Waals surface area contributed by atoms with E-state index < -0.39 is 24.4 Å². The van der Waals surface area contributed by atoms with Crippen LogP contribution in [0, 0.1) is 5.82 Å². The maximum Gasteiger partial charge on any atom is 0.289 e. The molecular formula is C9H10BrClF3NO. The summed E-state index contributed by atoms with van der Waals surface area (Å²) in [4.78, 5) is 0. The van der Waals surface area contributed by atoms with E-state index in [0.29, 0.717) is 0 Å². The molecule has 0 aliphatic rings. The summed E-state index contributed by atoms with van der Waals surface area (Å²) < 4.78 is 39.0. The molecule has 0 saturated carbocycles. The van der Waals surface area contributed by atoms with Gasteiger partial charge in [-0.05, 0) is 27.6 Å². The van der Waals surface area contributed by atoms with Crippen LogP contribution in [0.2, 0.25) is 0 Å². The van der Waals surface area contributed by atoms with Gasteiger partial charge in [0.2, 0.25) is 0 Å². The fourth-order valence-corrected chi connectivity index (χ4v) is 1.60. The van der Waals surface area contributed by atoms with Gasteiger partial charge < -0.3 is 10.8 Å². The summed E-state index contributed by atoms with van der Waals surface area (Å²) >= 11 is 2.83. The van der Waals surface area contributed by atoms with Crippen molar-refractivity contribution in [1.29, 1.82) is 0 Å². The minimum Gasteiger partial charge on any atom is -0.390 e. The minimum absolute atomic E-state index is 0. The van der Waals surface area contributed by atoms with E-state index in [9.17, 15) is 13.2 Å². The average Bonchev–Trinajstić information content (AvgIpc) is 2.21. The molecule has 0 bridgehead atoms. The highest BCUT2D eigenvalue weighted by atomic mass is 79.9. The largest absolute Gasteiger partial charge is 0.390 e. The number of alkyl halides is 2. The first-order chi connectivity index (χ1) is 6.90. The maximum atomic E-state index is 13.0. The highest BCUT2D eigenvalue weighted by Gasteiger charge is 2.38. The van der Waals surface area contributed by atoms with E-state index in [-0.39, 0.29) is 22.4 Å². The summed E-state index contributed by atoms with van der Waals surface area (Å²) in [5.74, 6) is -4.15. The smallest absolute Gasteiger partial charge is 0.289 e. The van der Waals surface area contributed by atoms with Gasteiger partial charge in [0.25, 0.3) is 5.92 Å². The van der Waals surface area contributed by atoms with E-state index in [1.54, 1.807) is 0 Å². The quantitative estimate of drug-likeness (QED) is 0.899. The molecule has 0 fully saturated rings. The summed E-state index contributed by atoms with van der Waals surface area (Å²) in [6.07, 6.45) is 0. The normalized spacial score (nSPS) is 13.1. The van der Waals surface area contributed by atoms with Gasteiger partial charge >= 0.3 is 0 Å². The Hall–Kier alpha value is -0.300. The Morgan fingerprint density at radius 3 is 2.50 bits per heavy atom. The molecule has 0 radical (unpaired) electrons. The van der Waals surface area contributed by atoms with Gasteiger partial charge in [-0.3, -0.25) is 0 Å². The number of benzene rings is 1. The Morgan fingerprint density at radius 2 is 2.00 bits per heavy atom. The van der Waals surface area contributed by atoms with Crippen molar-refractivity contribution in [2.45, 2.75) is 12.0 Å². The summed E-state index contributed by atoms with van der Waals surface area (Å²) in [6.45, 7) is -1.38. The predicted molar refractivity (Wildman–Crippen MR) is 60.3 cm³/mol. The number of hydrogen-bond acceptors (Lipinski definition) is 2. The van der Waals surface area contributed by atoms with Crippen LogP contribution in [0.3, 0.4) is 0 Å². The molecule has 1 atom stereocenters. The molecule has 92 valence electrons. The number of rotatable bonds is 3. The number of halogens is 5. The Labute approximate surface area is 105 Å². The van der Waals surface area contributed by atoms with Gasteiger partial charge in [0.1, 0.15) is 12.4 Å². The van der Waals surface area contributed by atoms with Crippen LogP contribution in [0.5, 0.6) is 0 Å². The van der Waals surface area contributed by atoms with Crippen LogP contribution in [-0.4, -0.2) is 17.6 Å². The second-order valence-corrected chi connectivity index (χ2v) is 3.83. The van der Waals surface area contributed by atoms with Crippen molar-refractivity contribution < 1.29 is 18.3 Å². The van der Waals surface area contributed by atoms with Crippen molar-refractivity contribution in [1.82, 2.24) is 0 Å². The molecule has 16 heavy (non-hydrogen) atoms. The van der Waals surface area contributed by atoms with E-state index in [0.717, 1.165) is 6.07 Å². The lowest BCUT2D eigenvalue weighted by molar-refractivity contribution is -0.0713. The molecule has 0 heterocycles. The van der Waals surface area contributed by atoms with Crippen LogP contribution < -0.4 is 5.73 Å². The Balaban J connectivity index is 0.00000225. The lowest BCUT2D eigenvalue weighted by Gasteiger charge is -2.22. The molecule has 1 aromatic carbocycles. The first kappa shape index (κ1) is 15.7. The topological polar surface area (TPSA) is 46.2 Å².